The molecule has 0 bridgehead atoms. The van der Waals surface area contributed by atoms with Crippen LogP contribution in [-0.4, -0.2) is 38.2 Å². The van der Waals surface area contributed by atoms with Gasteiger partial charge in [0.2, 0.25) is 0 Å². The maximum atomic E-state index is 13.8. The number of carbonyl (C=O) groups is 1. The van der Waals surface area contributed by atoms with Crippen molar-refractivity contribution in [2.24, 2.45) is 7.05 Å². The lowest BCUT2D eigenvalue weighted by Crippen LogP contribution is -2.53. The molecule has 1 unspecified atom stereocenters. The molecule has 2 aromatic rings. The third kappa shape index (κ3) is 4.06. The molecule has 0 saturated carbocycles. The maximum absolute atomic E-state index is 13.8. The normalized spacial score (nSPS) is 19.9. The molecule has 0 spiro atoms. The van der Waals surface area contributed by atoms with Gasteiger partial charge in [0, 0.05) is 30.7 Å². The van der Waals surface area contributed by atoms with Gasteiger partial charge in [0.1, 0.15) is 11.2 Å². The third-order valence-corrected chi connectivity index (χ3v) is 5.56. The van der Waals surface area contributed by atoms with Crippen LogP contribution in [0.5, 0.6) is 0 Å². The molecule has 1 aliphatic heterocycles. The molecule has 2 N–H and O–H groups in total. The SMILES string of the molecule is Cn1cc(C2CCN(C(=O)OC(C)(C)C)C(C)(C)C2)c2c(C(F)(F)F)c(N)cnc21. The van der Waals surface area contributed by atoms with Crippen LogP contribution in [0, 0.1) is 0 Å². The van der Waals surface area contributed by atoms with E-state index in [1.54, 1.807) is 43.5 Å². The zero-order valence-corrected chi connectivity index (χ0v) is 18.2. The highest BCUT2D eigenvalue weighted by Gasteiger charge is 2.43. The van der Waals surface area contributed by atoms with Crippen molar-refractivity contribution >= 4 is 22.8 Å². The molecule has 1 fully saturated rings. The number of ether oxygens (including phenoxy) is 1. The van der Waals surface area contributed by atoms with Crippen molar-refractivity contribution in [1.29, 1.82) is 0 Å². The minimum Gasteiger partial charge on any atom is -0.444 e. The van der Waals surface area contributed by atoms with E-state index in [9.17, 15) is 18.0 Å². The molecule has 0 aromatic carbocycles. The summed E-state index contributed by atoms with van der Waals surface area (Å²) in [4.78, 5) is 18.5. The van der Waals surface area contributed by atoms with E-state index in [-0.39, 0.29) is 22.6 Å². The number of alkyl halides is 3. The van der Waals surface area contributed by atoms with Crippen molar-refractivity contribution in [3.8, 4) is 0 Å². The molecule has 2 aromatic heterocycles. The number of hydrogen-bond acceptors (Lipinski definition) is 4. The van der Waals surface area contributed by atoms with Crippen LogP contribution in [0.3, 0.4) is 0 Å². The highest BCUT2D eigenvalue weighted by molar-refractivity contribution is 5.89. The summed E-state index contributed by atoms with van der Waals surface area (Å²) >= 11 is 0. The van der Waals surface area contributed by atoms with E-state index in [0.717, 1.165) is 6.20 Å². The van der Waals surface area contributed by atoms with Crippen molar-refractivity contribution in [2.75, 3.05) is 12.3 Å². The van der Waals surface area contributed by atoms with Gasteiger partial charge < -0.3 is 19.9 Å². The number of aromatic nitrogens is 2. The number of anilines is 1. The van der Waals surface area contributed by atoms with Gasteiger partial charge in [0.05, 0.1) is 17.4 Å². The summed E-state index contributed by atoms with van der Waals surface area (Å²) in [6.45, 7) is 9.61. The summed E-state index contributed by atoms with van der Waals surface area (Å²) in [7, 11) is 1.68. The smallest absolute Gasteiger partial charge is 0.419 e. The lowest BCUT2D eigenvalue weighted by atomic mass is 9.79. The van der Waals surface area contributed by atoms with Crippen molar-refractivity contribution < 1.29 is 22.7 Å². The predicted molar refractivity (Wildman–Crippen MR) is 109 cm³/mol. The Morgan fingerprint density at radius 1 is 1.30 bits per heavy atom. The van der Waals surface area contributed by atoms with Crippen LogP contribution >= 0.6 is 0 Å². The molecule has 3 rings (SSSR count). The van der Waals surface area contributed by atoms with Gasteiger partial charge in [-0.05, 0) is 58.9 Å². The highest BCUT2D eigenvalue weighted by atomic mass is 19.4. The molecule has 1 amide bonds. The van der Waals surface area contributed by atoms with Gasteiger partial charge in [-0.1, -0.05) is 0 Å². The Bertz CT molecular complexity index is 973. The zero-order valence-electron chi connectivity index (χ0n) is 18.2. The van der Waals surface area contributed by atoms with Gasteiger partial charge in [0.15, 0.2) is 0 Å². The summed E-state index contributed by atoms with van der Waals surface area (Å²) in [5, 5.41) is 0.0523. The Hall–Kier alpha value is -2.45. The summed E-state index contributed by atoms with van der Waals surface area (Å²) in [6.07, 6.45) is -1.22. The molecule has 1 aliphatic rings. The number of halogens is 3. The van der Waals surface area contributed by atoms with Gasteiger partial charge in [-0.3, -0.25) is 0 Å². The number of aryl methyl sites for hydroxylation is 1. The first-order chi connectivity index (χ1) is 13.6. The Labute approximate surface area is 174 Å². The number of fused-ring (bicyclic) bond motifs is 1. The standard InChI is InChI=1S/C21H29F3N4O2/c1-19(2,3)30-18(29)28-8-7-12(9-20(28,4)5)13-11-27(6)17-15(13)16(21(22,23)24)14(25)10-26-17/h10-12H,7-9,25H2,1-6H3. The molecule has 6 nitrogen and oxygen atoms in total. The van der Waals surface area contributed by atoms with E-state index in [1.807, 2.05) is 13.8 Å². The summed E-state index contributed by atoms with van der Waals surface area (Å²) < 4.78 is 48.6. The molecule has 1 atom stereocenters. The Balaban J connectivity index is 2.01. The first-order valence-electron chi connectivity index (χ1n) is 9.93. The molecular formula is C21H29F3N4O2. The number of amides is 1. The van der Waals surface area contributed by atoms with Gasteiger partial charge >= 0.3 is 12.3 Å². The topological polar surface area (TPSA) is 73.4 Å². The predicted octanol–water partition coefficient (Wildman–Crippen LogP) is 5.07. The first-order valence-corrected chi connectivity index (χ1v) is 9.93. The summed E-state index contributed by atoms with van der Waals surface area (Å²) in [6, 6.07) is 0. The lowest BCUT2D eigenvalue weighted by Gasteiger charge is -2.45. The van der Waals surface area contributed by atoms with Crippen molar-refractivity contribution in [1.82, 2.24) is 14.5 Å². The quantitative estimate of drug-likeness (QED) is 0.691. The van der Waals surface area contributed by atoms with E-state index in [1.165, 1.54) is 0 Å². The number of nitrogens with zero attached hydrogens (tertiary/aromatic N) is 3. The van der Waals surface area contributed by atoms with E-state index in [0.29, 0.717) is 24.9 Å². The molecular weight excluding hydrogens is 397 g/mol. The fourth-order valence-corrected chi connectivity index (χ4v) is 4.33. The Kier molecular flexibility index (Phi) is 5.23. The number of pyridine rings is 1. The van der Waals surface area contributed by atoms with Crippen LogP contribution in [0.4, 0.5) is 23.7 Å². The second-order valence-electron chi connectivity index (χ2n) is 9.61. The fourth-order valence-electron chi connectivity index (χ4n) is 4.33. The molecule has 0 radical (unpaired) electrons. The molecule has 3 heterocycles. The molecule has 1 saturated heterocycles. The minimum atomic E-state index is -4.59. The number of likely N-dealkylation sites (tertiary alicyclic amines) is 1. The number of nitrogen functional groups attached to an aromatic ring is 1. The largest absolute Gasteiger partial charge is 0.444 e. The van der Waals surface area contributed by atoms with Gasteiger partial charge in [-0.25, -0.2) is 9.78 Å². The number of carbonyl (C=O) groups excluding carboxylic acids is 1. The molecule has 30 heavy (non-hydrogen) atoms. The van der Waals surface area contributed by atoms with E-state index in [4.69, 9.17) is 10.5 Å². The fraction of sp³-hybridized carbons (Fsp3) is 0.619. The van der Waals surface area contributed by atoms with Gasteiger partial charge in [0.25, 0.3) is 0 Å². The third-order valence-electron chi connectivity index (χ3n) is 5.56. The van der Waals surface area contributed by atoms with Crippen LogP contribution in [-0.2, 0) is 18.0 Å². The van der Waals surface area contributed by atoms with E-state index >= 15 is 0 Å². The van der Waals surface area contributed by atoms with Crippen molar-refractivity contribution in [2.45, 2.75) is 70.7 Å². The average molecular weight is 426 g/mol. The van der Waals surface area contributed by atoms with Crippen LogP contribution in [0.2, 0.25) is 0 Å². The van der Waals surface area contributed by atoms with Crippen molar-refractivity contribution in [3.05, 3.63) is 23.5 Å². The Morgan fingerprint density at radius 3 is 2.47 bits per heavy atom. The second-order valence-corrected chi connectivity index (χ2v) is 9.61. The van der Waals surface area contributed by atoms with Gasteiger partial charge in [-0.15, -0.1) is 0 Å². The van der Waals surface area contributed by atoms with E-state index in [2.05, 4.69) is 4.98 Å². The number of rotatable bonds is 1. The molecule has 0 aliphatic carbocycles. The first kappa shape index (κ1) is 22.2. The molecule has 9 heteroatoms. The maximum Gasteiger partial charge on any atom is 0.419 e. The van der Waals surface area contributed by atoms with Crippen LogP contribution in [0.25, 0.3) is 11.0 Å². The number of nitrogens with two attached hydrogens (primary N) is 1. The lowest BCUT2D eigenvalue weighted by molar-refractivity contribution is -0.135. The highest BCUT2D eigenvalue weighted by Crippen LogP contribution is 2.45. The van der Waals surface area contributed by atoms with Crippen LogP contribution < -0.4 is 5.73 Å². The van der Waals surface area contributed by atoms with E-state index < -0.39 is 29.0 Å². The van der Waals surface area contributed by atoms with Crippen LogP contribution in [0.1, 0.15) is 64.5 Å². The Morgan fingerprint density at radius 2 is 1.93 bits per heavy atom. The summed E-state index contributed by atoms with van der Waals surface area (Å²) in [5.41, 5.74) is 4.08. The average Bonchev–Trinajstić information content (AvgIpc) is 2.87. The summed E-state index contributed by atoms with van der Waals surface area (Å²) in [5.74, 6) is -0.174. The van der Waals surface area contributed by atoms with Gasteiger partial charge in [-0.2, -0.15) is 13.2 Å². The number of piperidine rings is 1. The monoisotopic (exact) mass is 426 g/mol. The minimum absolute atomic E-state index is 0.0523. The van der Waals surface area contributed by atoms with Crippen molar-refractivity contribution in [3.63, 3.8) is 0 Å². The van der Waals surface area contributed by atoms with Crippen LogP contribution in [0.15, 0.2) is 12.4 Å². The molecule has 166 valence electrons. The second kappa shape index (κ2) is 7.06. The zero-order chi connectivity index (χ0) is 22.6. The number of hydrogen-bond donors (Lipinski definition) is 1.